The molecule has 1 fully saturated rings. The van der Waals surface area contributed by atoms with Crippen LogP contribution < -0.4 is 5.32 Å². The molecule has 386 valence electrons. The maximum atomic E-state index is 13.1. The van der Waals surface area contributed by atoms with E-state index >= 15 is 0 Å². The molecule has 9 atom stereocenters. The van der Waals surface area contributed by atoms with E-state index < -0.39 is 74.2 Å². The van der Waals surface area contributed by atoms with Gasteiger partial charge in [-0.15, -0.1) is 0 Å². The van der Waals surface area contributed by atoms with Crippen LogP contribution >= 0.6 is 0 Å². The Balaban J connectivity index is 2.31. The average Bonchev–Trinajstić information content (AvgIpc) is 3.32. The van der Waals surface area contributed by atoms with Crippen LogP contribution in [-0.4, -0.2) is 110 Å². The molecule has 11 heteroatoms. The van der Waals surface area contributed by atoms with E-state index in [2.05, 4.69) is 67.8 Å². The van der Waals surface area contributed by atoms with E-state index in [1.54, 1.807) is 0 Å². The predicted octanol–water partition coefficient (Wildman–Crippen LogP) is 10.5. The minimum absolute atomic E-state index is 0.239. The molecule has 9 unspecified atom stereocenters. The molecule has 0 spiro atoms. The number of allylic oxidation sites excluding steroid dienone is 8. The van der Waals surface area contributed by atoms with Gasteiger partial charge in [0.1, 0.15) is 36.6 Å². The van der Waals surface area contributed by atoms with Gasteiger partial charge >= 0.3 is 0 Å². The third-order valence-electron chi connectivity index (χ3n) is 12.8. The highest BCUT2D eigenvalue weighted by Gasteiger charge is 2.44. The first-order valence-electron chi connectivity index (χ1n) is 27.0. The van der Waals surface area contributed by atoms with Gasteiger partial charge in [-0.2, -0.15) is 0 Å². The maximum Gasteiger partial charge on any atom is 0.249 e. The number of ether oxygens (including phenoxy) is 2. The van der Waals surface area contributed by atoms with Gasteiger partial charge in [0, 0.05) is 0 Å². The van der Waals surface area contributed by atoms with Crippen molar-refractivity contribution in [3.8, 4) is 0 Å². The first-order chi connectivity index (χ1) is 32.2. The fraction of sp³-hybridized carbons (Fsp3) is 0.836. The standard InChI is InChI=1S/C55H101NO10/c1-3-5-7-9-11-13-15-17-18-19-20-21-22-23-24-25-26-27-28-29-31-33-35-37-39-41-43-48(59)54(64)56-46(45-65-55-53(63)52(62)51(61)49(44-57)66-55)50(60)47(58)42-40-38-36-34-32-30-16-14-12-10-8-6-4-2/h6,8,14,16,23-24,34,36,46-53,55,57-63H,3-5,7,9-13,15,17-22,25-33,35,37-45H2,1-2H3,(H,56,64)/b8-6+,16-14+,24-23-,36-34+. The molecule has 0 aromatic heterocycles. The molecule has 0 saturated carbocycles. The van der Waals surface area contributed by atoms with Crippen LogP contribution in [0.15, 0.2) is 48.6 Å². The molecule has 0 radical (unpaired) electrons. The van der Waals surface area contributed by atoms with E-state index in [9.17, 15) is 40.5 Å². The van der Waals surface area contributed by atoms with Gasteiger partial charge in [0.25, 0.3) is 0 Å². The monoisotopic (exact) mass is 936 g/mol. The number of aliphatic hydroxyl groups excluding tert-OH is 7. The average molecular weight is 936 g/mol. The van der Waals surface area contributed by atoms with Crippen LogP contribution in [0.4, 0.5) is 0 Å². The number of carbonyl (C=O) groups excluding carboxylic acids is 1. The number of rotatable bonds is 45. The molecule has 0 aromatic rings. The summed E-state index contributed by atoms with van der Waals surface area (Å²) in [6, 6.07) is -1.19. The Kier molecular flexibility index (Phi) is 41.7. The molecule has 8 N–H and O–H groups in total. The van der Waals surface area contributed by atoms with Gasteiger partial charge in [0.05, 0.1) is 25.4 Å². The molecule has 1 heterocycles. The summed E-state index contributed by atoms with van der Waals surface area (Å²) in [5, 5.41) is 75.8. The van der Waals surface area contributed by atoms with Crippen molar-refractivity contribution in [2.75, 3.05) is 13.2 Å². The molecule has 1 amide bonds. The number of carbonyl (C=O) groups is 1. The van der Waals surface area contributed by atoms with Crippen LogP contribution in [0.1, 0.15) is 226 Å². The molecule has 1 aliphatic rings. The van der Waals surface area contributed by atoms with Crippen LogP contribution in [0, 0.1) is 0 Å². The molecular formula is C55H101NO10. The van der Waals surface area contributed by atoms with E-state index in [1.807, 2.05) is 0 Å². The number of aliphatic hydroxyl groups is 7. The maximum absolute atomic E-state index is 13.1. The third-order valence-corrected chi connectivity index (χ3v) is 12.8. The van der Waals surface area contributed by atoms with Crippen molar-refractivity contribution in [3.63, 3.8) is 0 Å². The van der Waals surface area contributed by atoms with Crippen LogP contribution in [0.2, 0.25) is 0 Å². The highest BCUT2D eigenvalue weighted by atomic mass is 16.7. The Labute approximate surface area is 402 Å². The Morgan fingerprint density at radius 1 is 0.530 bits per heavy atom. The Morgan fingerprint density at radius 2 is 0.955 bits per heavy atom. The molecule has 1 aliphatic heterocycles. The number of hydrogen-bond acceptors (Lipinski definition) is 10. The summed E-state index contributed by atoms with van der Waals surface area (Å²) in [5.74, 6) is -0.715. The largest absolute Gasteiger partial charge is 0.394 e. The second-order valence-electron chi connectivity index (χ2n) is 18.9. The summed E-state index contributed by atoms with van der Waals surface area (Å²) in [7, 11) is 0. The summed E-state index contributed by atoms with van der Waals surface area (Å²) in [4.78, 5) is 13.1. The topological polar surface area (TPSA) is 189 Å². The van der Waals surface area contributed by atoms with Gasteiger partial charge in [-0.05, 0) is 83.5 Å². The minimum atomic E-state index is -1.67. The summed E-state index contributed by atoms with van der Waals surface area (Å²) in [6.07, 6.45) is 43.2. The fourth-order valence-electron chi connectivity index (χ4n) is 8.42. The zero-order valence-electron chi connectivity index (χ0n) is 41.9. The second-order valence-corrected chi connectivity index (χ2v) is 18.9. The van der Waals surface area contributed by atoms with Crippen molar-refractivity contribution in [2.24, 2.45) is 0 Å². The summed E-state index contributed by atoms with van der Waals surface area (Å²) in [6.45, 7) is 3.32. The van der Waals surface area contributed by atoms with E-state index in [-0.39, 0.29) is 12.8 Å². The smallest absolute Gasteiger partial charge is 0.249 e. The molecule has 0 aromatic carbocycles. The molecule has 66 heavy (non-hydrogen) atoms. The van der Waals surface area contributed by atoms with Gasteiger partial charge in [0.15, 0.2) is 6.29 Å². The van der Waals surface area contributed by atoms with Crippen molar-refractivity contribution in [1.82, 2.24) is 5.32 Å². The van der Waals surface area contributed by atoms with Crippen LogP contribution in [-0.2, 0) is 14.3 Å². The number of amides is 1. The van der Waals surface area contributed by atoms with Gasteiger partial charge in [-0.1, -0.05) is 191 Å². The number of nitrogens with one attached hydrogen (secondary N) is 1. The van der Waals surface area contributed by atoms with Crippen molar-refractivity contribution in [1.29, 1.82) is 0 Å². The van der Waals surface area contributed by atoms with E-state index in [0.29, 0.717) is 19.3 Å². The normalized spacial score (nSPS) is 21.1. The Morgan fingerprint density at radius 3 is 1.42 bits per heavy atom. The SMILES string of the molecule is CC/C=C/CC/C=C/CC/C=C/CCCC(O)C(O)C(COC1OC(CO)C(O)C(O)C1O)NC(=O)C(O)CCCCCCCCCCCC/C=C\CCCCCCCCCCCCCC. The third kappa shape index (κ3) is 32.8. The lowest BCUT2D eigenvalue weighted by Gasteiger charge is -2.40. The zero-order chi connectivity index (χ0) is 48.3. The van der Waals surface area contributed by atoms with E-state index in [4.69, 9.17) is 9.47 Å². The number of unbranched alkanes of at least 4 members (excludes halogenated alkanes) is 25. The van der Waals surface area contributed by atoms with Crippen molar-refractivity contribution in [2.45, 2.75) is 281 Å². The summed E-state index contributed by atoms with van der Waals surface area (Å²) >= 11 is 0. The second kappa shape index (κ2) is 44.3. The lowest BCUT2D eigenvalue weighted by atomic mass is 9.98. The van der Waals surface area contributed by atoms with Crippen LogP contribution in [0.3, 0.4) is 0 Å². The molecule has 0 bridgehead atoms. The first-order valence-corrected chi connectivity index (χ1v) is 27.0. The fourth-order valence-corrected chi connectivity index (χ4v) is 8.42. The Bertz CT molecular complexity index is 1210. The van der Waals surface area contributed by atoms with Gasteiger partial charge in [-0.3, -0.25) is 4.79 Å². The Hall–Kier alpha value is -1.93. The number of hydrogen-bond donors (Lipinski definition) is 8. The van der Waals surface area contributed by atoms with Crippen molar-refractivity contribution < 1.29 is 50.0 Å². The van der Waals surface area contributed by atoms with E-state index in [1.165, 1.54) is 128 Å². The van der Waals surface area contributed by atoms with Gasteiger partial charge < -0.3 is 50.5 Å². The highest BCUT2D eigenvalue weighted by molar-refractivity contribution is 5.80. The van der Waals surface area contributed by atoms with Crippen LogP contribution in [0.25, 0.3) is 0 Å². The van der Waals surface area contributed by atoms with E-state index in [0.717, 1.165) is 51.4 Å². The summed E-state index contributed by atoms with van der Waals surface area (Å²) < 4.78 is 11.1. The van der Waals surface area contributed by atoms with Crippen molar-refractivity contribution >= 4 is 5.91 Å². The summed E-state index contributed by atoms with van der Waals surface area (Å²) in [5.41, 5.74) is 0. The quantitative estimate of drug-likeness (QED) is 0.0216. The lowest BCUT2D eigenvalue weighted by Crippen LogP contribution is -2.60. The minimum Gasteiger partial charge on any atom is -0.394 e. The van der Waals surface area contributed by atoms with Crippen molar-refractivity contribution in [3.05, 3.63) is 48.6 Å². The molecule has 11 nitrogen and oxygen atoms in total. The van der Waals surface area contributed by atoms with Crippen LogP contribution in [0.5, 0.6) is 0 Å². The molecule has 1 saturated heterocycles. The predicted molar refractivity (Wildman–Crippen MR) is 270 cm³/mol. The lowest BCUT2D eigenvalue weighted by molar-refractivity contribution is -0.303. The molecule has 0 aliphatic carbocycles. The van der Waals surface area contributed by atoms with Gasteiger partial charge in [0.2, 0.25) is 5.91 Å². The zero-order valence-corrected chi connectivity index (χ0v) is 41.9. The van der Waals surface area contributed by atoms with Gasteiger partial charge in [-0.25, -0.2) is 0 Å². The molecular weight excluding hydrogens is 835 g/mol. The highest BCUT2D eigenvalue weighted by Crippen LogP contribution is 2.23. The molecule has 1 rings (SSSR count). The first kappa shape index (κ1) is 62.1.